The summed E-state index contributed by atoms with van der Waals surface area (Å²) in [6, 6.07) is 88.9. The maximum Gasteiger partial charge on any atom is 0.0726 e. The van der Waals surface area contributed by atoms with Crippen LogP contribution in [-0.4, -0.2) is 0 Å². The lowest BCUT2D eigenvalue weighted by molar-refractivity contribution is 0.333. The minimum atomic E-state index is -0.510. The molecule has 1 heteroatoms. The Balaban J connectivity index is 1.12. The molecule has 336 valence electrons. The van der Waals surface area contributed by atoms with Crippen LogP contribution in [0.25, 0.3) is 66.8 Å². The Morgan fingerprint density at radius 1 is 0.286 bits per heavy atom. The Morgan fingerprint density at radius 3 is 1.30 bits per heavy atom. The van der Waals surface area contributed by atoms with Gasteiger partial charge >= 0.3 is 0 Å². The van der Waals surface area contributed by atoms with E-state index in [2.05, 4.69) is 269 Å². The van der Waals surface area contributed by atoms with Gasteiger partial charge in [0.2, 0.25) is 0 Å². The van der Waals surface area contributed by atoms with E-state index in [9.17, 15) is 0 Å². The van der Waals surface area contributed by atoms with Crippen LogP contribution in [-0.2, 0) is 16.2 Å². The molecule has 0 atom stereocenters. The average molecular weight is 898 g/mol. The largest absolute Gasteiger partial charge is 0.309 e. The molecule has 3 aliphatic carbocycles. The molecule has 0 fully saturated rings. The first-order valence-corrected chi connectivity index (χ1v) is 25.1. The number of hydrogen-bond donors (Lipinski definition) is 0. The zero-order chi connectivity index (χ0) is 47.2. The second-order valence-corrected chi connectivity index (χ2v) is 21.0. The zero-order valence-electron chi connectivity index (χ0n) is 40.4. The lowest BCUT2D eigenvalue weighted by Crippen LogP contribution is -2.34. The van der Waals surface area contributed by atoms with Crippen LogP contribution in [0.5, 0.6) is 0 Å². The maximum atomic E-state index is 2.61. The van der Waals surface area contributed by atoms with Crippen LogP contribution in [0.4, 0.5) is 17.1 Å². The fourth-order valence-electron chi connectivity index (χ4n) is 12.7. The van der Waals surface area contributed by atoms with Crippen LogP contribution in [0.1, 0.15) is 73.9 Å². The molecule has 0 radical (unpaired) electrons. The smallest absolute Gasteiger partial charge is 0.0726 e. The zero-order valence-corrected chi connectivity index (χ0v) is 40.4. The van der Waals surface area contributed by atoms with Gasteiger partial charge < -0.3 is 4.90 Å². The predicted molar refractivity (Wildman–Crippen MR) is 294 cm³/mol. The number of benzene rings is 10. The Morgan fingerprint density at radius 2 is 0.714 bits per heavy atom. The molecule has 1 spiro atoms. The minimum absolute atomic E-state index is 0.0370. The van der Waals surface area contributed by atoms with E-state index in [-0.39, 0.29) is 10.8 Å². The summed E-state index contributed by atoms with van der Waals surface area (Å²) < 4.78 is 0. The molecule has 0 saturated carbocycles. The van der Waals surface area contributed by atoms with Gasteiger partial charge in [-0.15, -0.1) is 0 Å². The highest BCUT2D eigenvalue weighted by Crippen LogP contribution is 2.65. The van der Waals surface area contributed by atoms with Crippen molar-refractivity contribution in [3.05, 3.63) is 270 Å². The van der Waals surface area contributed by atoms with Gasteiger partial charge in [0.15, 0.2) is 0 Å². The van der Waals surface area contributed by atoms with Crippen molar-refractivity contribution in [1.82, 2.24) is 0 Å². The minimum Gasteiger partial charge on any atom is -0.309 e. The first-order chi connectivity index (χ1) is 34.2. The van der Waals surface area contributed by atoms with Crippen molar-refractivity contribution in [2.45, 2.75) is 56.8 Å². The van der Waals surface area contributed by atoms with Gasteiger partial charge in [0.1, 0.15) is 0 Å². The number of para-hydroxylation sites is 1. The fourth-order valence-corrected chi connectivity index (χ4v) is 12.7. The topological polar surface area (TPSA) is 3.24 Å². The lowest BCUT2D eigenvalue weighted by Gasteiger charge is -2.43. The van der Waals surface area contributed by atoms with Crippen LogP contribution in [0.3, 0.4) is 0 Å². The molecular weight excluding hydrogens is 843 g/mol. The highest BCUT2D eigenvalue weighted by molar-refractivity contribution is 6.02. The van der Waals surface area contributed by atoms with E-state index in [1.165, 1.54) is 106 Å². The van der Waals surface area contributed by atoms with Crippen molar-refractivity contribution in [1.29, 1.82) is 0 Å². The highest BCUT2D eigenvalue weighted by Gasteiger charge is 2.52. The van der Waals surface area contributed by atoms with Gasteiger partial charge in [-0.25, -0.2) is 0 Å². The van der Waals surface area contributed by atoms with Gasteiger partial charge in [0.25, 0.3) is 0 Å². The molecule has 0 bridgehead atoms. The quantitative estimate of drug-likeness (QED) is 0.154. The van der Waals surface area contributed by atoms with Gasteiger partial charge in [0, 0.05) is 16.8 Å². The number of nitrogens with zero attached hydrogens (tertiary/aromatic N) is 1. The Bertz CT molecular complexity index is 3590. The summed E-state index contributed by atoms with van der Waals surface area (Å²) >= 11 is 0. The molecule has 1 nitrogen and oxygen atoms in total. The van der Waals surface area contributed by atoms with Crippen LogP contribution in [0, 0.1) is 0 Å². The van der Waals surface area contributed by atoms with E-state index in [1.54, 1.807) is 0 Å². The molecule has 0 aromatic heterocycles. The Kier molecular flexibility index (Phi) is 9.65. The summed E-state index contributed by atoms with van der Waals surface area (Å²) in [7, 11) is 0. The molecular formula is C69H55N. The summed E-state index contributed by atoms with van der Waals surface area (Å²) in [6.45, 7) is 9.84. The third-order valence-corrected chi connectivity index (χ3v) is 16.2. The molecule has 13 rings (SSSR count). The molecule has 0 amide bonds. The number of rotatable bonds is 7. The molecule has 3 aliphatic rings. The monoisotopic (exact) mass is 897 g/mol. The van der Waals surface area contributed by atoms with Gasteiger partial charge in [-0.1, -0.05) is 234 Å². The summed E-state index contributed by atoms with van der Waals surface area (Å²) in [5.74, 6) is 0. The van der Waals surface area contributed by atoms with E-state index in [1.807, 2.05) is 0 Å². The third kappa shape index (κ3) is 6.38. The average Bonchev–Trinajstić information content (AvgIpc) is 3.87. The standard InChI is InChI=1S/C69H55N/c1-67(2)42-43-68(3,4)66-56(28-19-32-62(66)67)58-44-57-55-27-13-17-31-61(55)69(59-29-15-11-25-53(59)54-26-12-16-30-60(54)69)63(57)45-65(58)70(64-33-18-14-24-52(64)50-22-9-6-10-23-50)51-40-38-49(39-41-51)48-36-34-47(35-37-48)46-20-7-5-8-21-46/h5-41,44-45H,42-43H2,1-4H3. The fraction of sp³-hybridized carbons (Fsp3) is 0.130. The van der Waals surface area contributed by atoms with Crippen molar-refractivity contribution >= 4 is 17.1 Å². The number of fused-ring (bicyclic) bond motifs is 11. The maximum absolute atomic E-state index is 2.61. The Labute approximate surface area is 413 Å². The van der Waals surface area contributed by atoms with Gasteiger partial charge in [-0.3, -0.25) is 0 Å². The first kappa shape index (κ1) is 42.1. The first-order valence-electron chi connectivity index (χ1n) is 25.1. The van der Waals surface area contributed by atoms with Crippen LogP contribution < -0.4 is 4.90 Å². The number of hydrogen-bond acceptors (Lipinski definition) is 1. The van der Waals surface area contributed by atoms with Crippen molar-refractivity contribution in [3.8, 4) is 66.8 Å². The lowest BCUT2D eigenvalue weighted by atomic mass is 9.61. The van der Waals surface area contributed by atoms with Crippen molar-refractivity contribution < 1.29 is 0 Å². The summed E-state index contributed by atoms with van der Waals surface area (Å²) in [6.07, 6.45) is 2.28. The van der Waals surface area contributed by atoms with Crippen LogP contribution in [0.15, 0.2) is 237 Å². The predicted octanol–water partition coefficient (Wildman–Crippen LogP) is 18.5. The van der Waals surface area contributed by atoms with E-state index < -0.39 is 5.41 Å². The molecule has 0 aliphatic heterocycles. The molecule has 70 heavy (non-hydrogen) atoms. The molecule has 10 aromatic rings. The van der Waals surface area contributed by atoms with Crippen LogP contribution in [0.2, 0.25) is 0 Å². The highest BCUT2D eigenvalue weighted by atomic mass is 15.1. The summed E-state index contributed by atoms with van der Waals surface area (Å²) in [4.78, 5) is 2.59. The van der Waals surface area contributed by atoms with E-state index in [0.717, 1.165) is 24.2 Å². The normalized spacial score (nSPS) is 15.1. The Hall–Kier alpha value is -8.00. The second kappa shape index (κ2) is 16.0. The van der Waals surface area contributed by atoms with E-state index >= 15 is 0 Å². The molecule has 0 unspecified atom stereocenters. The molecule has 10 aromatic carbocycles. The molecule has 0 saturated heterocycles. The van der Waals surface area contributed by atoms with Gasteiger partial charge in [0.05, 0.1) is 16.8 Å². The van der Waals surface area contributed by atoms with Crippen molar-refractivity contribution in [3.63, 3.8) is 0 Å². The number of anilines is 3. The van der Waals surface area contributed by atoms with E-state index in [0.29, 0.717) is 0 Å². The van der Waals surface area contributed by atoms with Gasteiger partial charge in [-0.05, 0) is 143 Å². The van der Waals surface area contributed by atoms with Gasteiger partial charge in [-0.2, -0.15) is 0 Å². The van der Waals surface area contributed by atoms with E-state index in [4.69, 9.17) is 0 Å². The SMILES string of the molecule is CC1(C)CCC(C)(C)c2c(-c3cc4c(cc3N(c3ccc(-c5ccc(-c6ccccc6)cc5)cc3)c3ccccc3-c3ccccc3)C3(c5ccccc5-c5ccccc53)c3ccccc3-4)cccc21. The molecule has 0 heterocycles. The summed E-state index contributed by atoms with van der Waals surface area (Å²) in [5, 5.41) is 0. The van der Waals surface area contributed by atoms with Crippen molar-refractivity contribution in [2.75, 3.05) is 4.90 Å². The second-order valence-electron chi connectivity index (χ2n) is 21.0. The third-order valence-electron chi connectivity index (χ3n) is 16.2. The molecule has 0 N–H and O–H groups in total. The van der Waals surface area contributed by atoms with Crippen molar-refractivity contribution in [2.24, 2.45) is 0 Å². The van der Waals surface area contributed by atoms with Crippen LogP contribution >= 0.6 is 0 Å². The summed E-state index contributed by atoms with van der Waals surface area (Å²) in [5.41, 5.74) is 26.2.